The molecule has 3 aliphatic heterocycles. The first kappa shape index (κ1) is 19.3. The Balaban J connectivity index is 1.59. The first-order valence-electron chi connectivity index (χ1n) is 10.5. The summed E-state index contributed by atoms with van der Waals surface area (Å²) in [6.45, 7) is 7.67. The molecule has 156 valence electrons. The quantitative estimate of drug-likeness (QED) is 0.735. The lowest BCUT2D eigenvalue weighted by Gasteiger charge is -2.30. The number of carbonyl (C=O) groups is 2. The third-order valence-corrected chi connectivity index (χ3v) is 6.72. The van der Waals surface area contributed by atoms with Crippen molar-refractivity contribution >= 4 is 17.5 Å². The molecular weight excluding hydrogens is 378 g/mol. The maximum Gasteiger partial charge on any atom is 0.253 e. The summed E-state index contributed by atoms with van der Waals surface area (Å²) in [7, 11) is 1.64. The Morgan fingerprint density at radius 3 is 2.07 bits per heavy atom. The maximum absolute atomic E-state index is 13.8. The number of nitrogens with zero attached hydrogens (tertiary/aromatic N) is 3. The number of methoxy groups -OCH3 is 1. The van der Waals surface area contributed by atoms with Gasteiger partial charge in [0.05, 0.1) is 24.8 Å². The smallest absolute Gasteiger partial charge is 0.253 e. The van der Waals surface area contributed by atoms with Crippen LogP contribution in [0.15, 0.2) is 36.4 Å². The largest absolute Gasteiger partial charge is 0.497 e. The number of hydrogen-bond donors (Lipinski definition) is 0. The lowest BCUT2D eigenvalue weighted by atomic mass is 9.90. The highest BCUT2D eigenvalue weighted by atomic mass is 16.5. The lowest BCUT2D eigenvalue weighted by Crippen LogP contribution is -2.44. The third-order valence-electron chi connectivity index (χ3n) is 6.72. The topological polar surface area (TPSA) is 53.1 Å². The molecule has 0 saturated carbocycles. The van der Waals surface area contributed by atoms with Gasteiger partial charge >= 0.3 is 0 Å². The summed E-state index contributed by atoms with van der Waals surface area (Å²) in [5.74, 6) is 0.206. The van der Waals surface area contributed by atoms with Gasteiger partial charge in [-0.3, -0.25) is 9.59 Å². The second-order valence-electron chi connectivity index (χ2n) is 8.63. The van der Waals surface area contributed by atoms with E-state index in [4.69, 9.17) is 4.74 Å². The molecule has 30 heavy (non-hydrogen) atoms. The number of carbonyl (C=O) groups excluding carboxylic acids is 2. The van der Waals surface area contributed by atoms with Gasteiger partial charge in [0.1, 0.15) is 11.8 Å². The Hall–Kier alpha value is -2.70. The fourth-order valence-corrected chi connectivity index (χ4v) is 5.66. The van der Waals surface area contributed by atoms with E-state index in [1.807, 2.05) is 57.2 Å². The predicted octanol–water partition coefficient (Wildman–Crippen LogP) is 3.16. The van der Waals surface area contributed by atoms with Crippen LogP contribution < -0.4 is 9.64 Å². The Morgan fingerprint density at radius 2 is 1.47 bits per heavy atom. The molecular formula is C24H27N3O3. The van der Waals surface area contributed by atoms with Gasteiger partial charge < -0.3 is 4.74 Å². The van der Waals surface area contributed by atoms with E-state index in [1.165, 1.54) is 4.90 Å². The molecule has 6 nitrogen and oxygen atoms in total. The van der Waals surface area contributed by atoms with E-state index >= 15 is 0 Å². The molecule has 0 N–H and O–H groups in total. The molecule has 5 rings (SSSR count). The van der Waals surface area contributed by atoms with Crippen LogP contribution in [-0.2, 0) is 9.59 Å². The standard InChI is InChI=1S/C24H27N3O3/c1-14-12-15(2)20(16(3)13-14)27-23(28)19-21(17-6-8-18(30-4)9-7-17)25-10-5-11-26(25)22(19)24(27)29/h6-9,12-13,19,21-22H,5,10-11H2,1-4H3/t19-,21-,22-/m1/s1. The van der Waals surface area contributed by atoms with E-state index in [-0.39, 0.29) is 17.9 Å². The molecule has 3 heterocycles. The van der Waals surface area contributed by atoms with Crippen molar-refractivity contribution in [2.75, 3.05) is 25.1 Å². The highest BCUT2D eigenvalue weighted by molar-refractivity contribution is 6.24. The third kappa shape index (κ3) is 2.63. The molecule has 0 spiro atoms. The van der Waals surface area contributed by atoms with Gasteiger partial charge in [-0.1, -0.05) is 29.8 Å². The number of aryl methyl sites for hydroxylation is 3. The van der Waals surface area contributed by atoms with Crippen molar-refractivity contribution in [1.29, 1.82) is 0 Å². The highest BCUT2D eigenvalue weighted by Gasteiger charge is 2.63. The van der Waals surface area contributed by atoms with Crippen molar-refractivity contribution in [3.63, 3.8) is 0 Å². The molecule has 0 aliphatic carbocycles. The molecule has 2 aromatic rings. The van der Waals surface area contributed by atoms with Gasteiger partial charge in [-0.05, 0) is 56.0 Å². The zero-order chi connectivity index (χ0) is 21.2. The van der Waals surface area contributed by atoms with Crippen molar-refractivity contribution in [3.05, 3.63) is 58.7 Å². The lowest BCUT2D eigenvalue weighted by molar-refractivity contribution is -0.126. The van der Waals surface area contributed by atoms with E-state index in [9.17, 15) is 9.59 Å². The Morgan fingerprint density at radius 1 is 0.867 bits per heavy atom. The van der Waals surface area contributed by atoms with Crippen LogP contribution in [0.4, 0.5) is 5.69 Å². The summed E-state index contributed by atoms with van der Waals surface area (Å²) in [6.07, 6.45) is 1.000. The molecule has 0 aromatic heterocycles. The predicted molar refractivity (Wildman–Crippen MR) is 114 cm³/mol. The van der Waals surface area contributed by atoms with Gasteiger partial charge in [0.25, 0.3) is 5.91 Å². The zero-order valence-corrected chi connectivity index (χ0v) is 17.9. The Labute approximate surface area is 177 Å². The van der Waals surface area contributed by atoms with Gasteiger partial charge in [-0.15, -0.1) is 0 Å². The van der Waals surface area contributed by atoms with Crippen molar-refractivity contribution < 1.29 is 14.3 Å². The van der Waals surface area contributed by atoms with Crippen molar-refractivity contribution in [1.82, 2.24) is 10.0 Å². The molecule has 2 amide bonds. The first-order valence-corrected chi connectivity index (χ1v) is 10.5. The van der Waals surface area contributed by atoms with Crippen LogP contribution in [0.2, 0.25) is 0 Å². The SMILES string of the molecule is COc1ccc([C@@H]2[C@H]3C(=O)N(c4c(C)cc(C)cc4C)C(=O)[C@@H]3N3CCCN23)cc1. The number of imide groups is 1. The van der Waals surface area contributed by atoms with Crippen molar-refractivity contribution in [2.24, 2.45) is 5.92 Å². The van der Waals surface area contributed by atoms with Crippen LogP contribution in [0.25, 0.3) is 0 Å². The molecule has 2 aromatic carbocycles. The Kier molecular flexibility index (Phi) is 4.45. The number of ether oxygens (including phenoxy) is 1. The van der Waals surface area contributed by atoms with Gasteiger partial charge in [0.15, 0.2) is 0 Å². The number of hydrogen-bond acceptors (Lipinski definition) is 5. The zero-order valence-electron chi connectivity index (χ0n) is 17.9. The summed E-state index contributed by atoms with van der Waals surface area (Å²) in [5.41, 5.74) is 4.87. The van der Waals surface area contributed by atoms with Gasteiger partial charge in [0, 0.05) is 13.1 Å². The van der Waals surface area contributed by atoms with E-state index < -0.39 is 12.0 Å². The van der Waals surface area contributed by atoms with Gasteiger partial charge in [0.2, 0.25) is 5.91 Å². The van der Waals surface area contributed by atoms with Crippen LogP contribution in [0.3, 0.4) is 0 Å². The molecule has 6 heteroatoms. The van der Waals surface area contributed by atoms with Gasteiger partial charge in [-0.2, -0.15) is 0 Å². The minimum Gasteiger partial charge on any atom is -0.497 e. The van der Waals surface area contributed by atoms with Crippen LogP contribution >= 0.6 is 0 Å². The van der Waals surface area contributed by atoms with E-state index in [2.05, 4.69) is 10.0 Å². The average molecular weight is 405 g/mol. The number of rotatable bonds is 3. The first-order chi connectivity index (χ1) is 14.4. The maximum atomic E-state index is 13.8. The Bertz CT molecular complexity index is 1010. The second-order valence-corrected chi connectivity index (χ2v) is 8.63. The van der Waals surface area contributed by atoms with E-state index in [0.29, 0.717) is 0 Å². The summed E-state index contributed by atoms with van der Waals surface area (Å²) >= 11 is 0. The van der Waals surface area contributed by atoms with Crippen LogP contribution in [0.1, 0.15) is 34.7 Å². The highest BCUT2D eigenvalue weighted by Crippen LogP contribution is 2.49. The normalized spacial score (nSPS) is 26.4. The van der Waals surface area contributed by atoms with Crippen molar-refractivity contribution in [3.8, 4) is 5.75 Å². The minimum absolute atomic E-state index is 0.0877. The molecule has 3 aliphatic rings. The molecule has 0 bridgehead atoms. The van der Waals surface area contributed by atoms with Gasteiger partial charge in [-0.25, -0.2) is 14.9 Å². The molecule has 0 radical (unpaired) electrons. The van der Waals surface area contributed by atoms with E-state index in [0.717, 1.165) is 53.2 Å². The summed E-state index contributed by atoms with van der Waals surface area (Å²) < 4.78 is 5.30. The van der Waals surface area contributed by atoms with Crippen LogP contribution in [-0.4, -0.2) is 48.1 Å². The van der Waals surface area contributed by atoms with Crippen LogP contribution in [0.5, 0.6) is 5.75 Å². The molecule has 3 fully saturated rings. The van der Waals surface area contributed by atoms with Crippen molar-refractivity contribution in [2.45, 2.75) is 39.3 Å². The molecule has 0 unspecified atom stereocenters. The second kappa shape index (κ2) is 6.93. The number of fused-ring (bicyclic) bond motifs is 3. The fourth-order valence-electron chi connectivity index (χ4n) is 5.66. The molecule has 3 atom stereocenters. The molecule has 3 saturated heterocycles. The van der Waals surface area contributed by atoms with E-state index in [1.54, 1.807) is 7.11 Å². The summed E-state index contributed by atoms with van der Waals surface area (Å²) in [4.78, 5) is 28.8. The number of amides is 2. The number of hydrazine groups is 1. The van der Waals surface area contributed by atoms with Crippen LogP contribution in [0, 0.1) is 26.7 Å². The minimum atomic E-state index is -0.424. The monoisotopic (exact) mass is 405 g/mol. The fraction of sp³-hybridized carbons (Fsp3) is 0.417. The summed E-state index contributed by atoms with van der Waals surface area (Å²) in [5, 5.41) is 4.37. The average Bonchev–Trinajstić information content (AvgIpc) is 3.35. The number of anilines is 1. The number of benzene rings is 2. The summed E-state index contributed by atoms with van der Waals surface area (Å²) in [6, 6.07) is 11.4.